The number of ether oxygens (including phenoxy) is 2. The third-order valence-corrected chi connectivity index (χ3v) is 9.74. The number of rotatable bonds is 11. The first-order valence-electron chi connectivity index (χ1n) is 15.7. The second-order valence-corrected chi connectivity index (χ2v) is 14.3. The molecule has 0 aliphatic carbocycles. The van der Waals surface area contributed by atoms with Crippen molar-refractivity contribution >= 4 is 46.8 Å². The van der Waals surface area contributed by atoms with E-state index in [4.69, 9.17) is 9.47 Å². The van der Waals surface area contributed by atoms with Gasteiger partial charge in [0.25, 0.3) is 11.8 Å². The zero-order chi connectivity index (χ0) is 33.9. The fraction of sp³-hybridized carbons (Fsp3) is 0.485. The summed E-state index contributed by atoms with van der Waals surface area (Å²) in [6.07, 6.45) is 1.48. The number of piperidine rings is 1. The Bertz CT molecular complexity index is 1560. The quantitative estimate of drug-likeness (QED) is 0.272. The molecule has 4 amide bonds. The molecule has 2 saturated heterocycles. The molecule has 2 fully saturated rings. The lowest BCUT2D eigenvalue weighted by Gasteiger charge is -2.40. The first-order chi connectivity index (χ1) is 22.4. The summed E-state index contributed by atoms with van der Waals surface area (Å²) in [7, 11) is 0.0350. The lowest BCUT2D eigenvalue weighted by atomic mass is 10.1. The molecule has 14 heteroatoms. The van der Waals surface area contributed by atoms with E-state index < -0.39 is 46.4 Å². The Labute approximate surface area is 276 Å². The molecule has 2 atom stereocenters. The molecule has 0 bridgehead atoms. The van der Waals surface area contributed by atoms with Crippen molar-refractivity contribution in [3.05, 3.63) is 53.6 Å². The molecule has 3 aliphatic heterocycles. The number of hydrogen-bond donors (Lipinski definition) is 2. The number of nitrogens with one attached hydrogen (secondary N) is 2. The van der Waals surface area contributed by atoms with Crippen molar-refractivity contribution in [2.45, 2.75) is 75.1 Å². The number of benzene rings is 2. The Kier molecular flexibility index (Phi) is 10.3. The Morgan fingerprint density at radius 1 is 1.04 bits per heavy atom. The molecule has 2 unspecified atom stereocenters. The molecule has 0 saturated carbocycles. The number of aldehydes is 1. The van der Waals surface area contributed by atoms with E-state index in [1.165, 1.54) is 7.05 Å². The highest BCUT2D eigenvalue weighted by molar-refractivity contribution is 7.82. The maximum Gasteiger partial charge on any atom is 0.407 e. The predicted molar refractivity (Wildman–Crippen MR) is 174 cm³/mol. The largest absolute Gasteiger partial charge is 0.487 e. The number of hydrogen-bond acceptors (Lipinski definition) is 9. The zero-order valence-corrected chi connectivity index (χ0v) is 27.8. The van der Waals surface area contributed by atoms with Gasteiger partial charge in [0.1, 0.15) is 40.8 Å². The molecule has 2 aromatic rings. The minimum absolute atomic E-state index is 0.0366. The molecule has 2 aromatic carbocycles. The number of anilines is 1. The number of fused-ring (bicyclic) bond motifs is 1. The number of nitrogens with zero attached hydrogens (tertiary/aromatic N) is 3. The van der Waals surface area contributed by atoms with Crippen LogP contribution < -0.4 is 20.3 Å². The van der Waals surface area contributed by atoms with E-state index in [0.29, 0.717) is 56.0 Å². The van der Waals surface area contributed by atoms with Gasteiger partial charge in [0.15, 0.2) is 0 Å². The van der Waals surface area contributed by atoms with Crippen molar-refractivity contribution < 1.29 is 37.7 Å². The Balaban J connectivity index is 1.14. The van der Waals surface area contributed by atoms with Gasteiger partial charge in [-0.05, 0) is 76.4 Å². The average molecular weight is 668 g/mol. The van der Waals surface area contributed by atoms with E-state index in [0.717, 1.165) is 10.6 Å². The molecule has 13 nitrogen and oxygen atoms in total. The molecule has 47 heavy (non-hydrogen) atoms. The molecule has 3 aliphatic rings. The SMILES string of the molecule is CNC(=O)C(CCC=O)N1C(=O)c2ccc(N3CC(Oc4cccc(S(=O)N5CCC(NC(=O)OC(C)(C)C)CC5)c4)C3)cc2C1=O. The van der Waals surface area contributed by atoms with Gasteiger partial charge in [-0.25, -0.2) is 13.3 Å². The second kappa shape index (κ2) is 14.2. The third kappa shape index (κ3) is 7.82. The number of carbonyl (C=O) groups excluding carboxylic acids is 5. The van der Waals surface area contributed by atoms with Crippen LogP contribution in [0, 0.1) is 0 Å². The fourth-order valence-electron chi connectivity index (χ4n) is 5.86. The lowest BCUT2D eigenvalue weighted by molar-refractivity contribution is -0.124. The zero-order valence-electron chi connectivity index (χ0n) is 27.0. The van der Waals surface area contributed by atoms with Crippen molar-refractivity contribution in [3.8, 4) is 5.75 Å². The number of alkyl carbamates (subject to hydrolysis) is 1. The summed E-state index contributed by atoms with van der Waals surface area (Å²) in [6.45, 7) is 7.66. The summed E-state index contributed by atoms with van der Waals surface area (Å²) in [5.74, 6) is -1.02. The summed E-state index contributed by atoms with van der Waals surface area (Å²) < 4.78 is 26.8. The van der Waals surface area contributed by atoms with Gasteiger partial charge in [-0.15, -0.1) is 0 Å². The van der Waals surface area contributed by atoms with Crippen LogP contribution in [0.5, 0.6) is 5.75 Å². The fourth-order valence-corrected chi connectivity index (χ4v) is 7.11. The minimum Gasteiger partial charge on any atom is -0.487 e. The van der Waals surface area contributed by atoms with Crippen LogP contribution in [0.1, 0.15) is 67.2 Å². The summed E-state index contributed by atoms with van der Waals surface area (Å²) in [5, 5.41) is 5.37. The summed E-state index contributed by atoms with van der Waals surface area (Å²) in [6, 6.07) is 11.1. The van der Waals surface area contributed by atoms with Gasteiger partial charge >= 0.3 is 6.09 Å². The Morgan fingerprint density at radius 3 is 2.40 bits per heavy atom. The van der Waals surface area contributed by atoms with E-state index in [1.807, 2.05) is 42.1 Å². The van der Waals surface area contributed by atoms with Gasteiger partial charge in [0.05, 0.1) is 29.1 Å². The Hall–Kier alpha value is -4.30. The van der Waals surface area contributed by atoms with Crippen LogP contribution in [0.25, 0.3) is 0 Å². The molecule has 2 N–H and O–H groups in total. The first kappa shape index (κ1) is 34.0. The first-order valence-corrected chi connectivity index (χ1v) is 16.8. The normalized spacial score (nSPS) is 18.6. The van der Waals surface area contributed by atoms with Crippen molar-refractivity contribution in [1.29, 1.82) is 0 Å². The van der Waals surface area contributed by atoms with Crippen LogP contribution in [0.15, 0.2) is 47.4 Å². The third-order valence-electron chi connectivity index (χ3n) is 8.25. The lowest BCUT2D eigenvalue weighted by Crippen LogP contribution is -2.54. The predicted octanol–water partition coefficient (Wildman–Crippen LogP) is 2.66. The smallest absolute Gasteiger partial charge is 0.407 e. The van der Waals surface area contributed by atoms with Crippen LogP contribution in [-0.4, -0.2) is 101 Å². The molecule has 3 heterocycles. The van der Waals surface area contributed by atoms with Crippen LogP contribution in [0.4, 0.5) is 10.5 Å². The maximum absolute atomic E-state index is 13.4. The van der Waals surface area contributed by atoms with Crippen LogP contribution in [0.2, 0.25) is 0 Å². The van der Waals surface area contributed by atoms with E-state index in [2.05, 4.69) is 10.6 Å². The van der Waals surface area contributed by atoms with Gasteiger partial charge in [-0.3, -0.25) is 19.3 Å². The van der Waals surface area contributed by atoms with Gasteiger partial charge in [-0.1, -0.05) is 6.07 Å². The van der Waals surface area contributed by atoms with E-state index in [-0.39, 0.29) is 36.1 Å². The Morgan fingerprint density at radius 2 is 1.74 bits per heavy atom. The van der Waals surface area contributed by atoms with Crippen molar-refractivity contribution in [1.82, 2.24) is 19.8 Å². The molecule has 252 valence electrons. The number of amides is 4. The minimum atomic E-state index is -1.38. The van der Waals surface area contributed by atoms with E-state index >= 15 is 0 Å². The van der Waals surface area contributed by atoms with Crippen LogP contribution in [-0.2, 0) is 25.3 Å². The average Bonchev–Trinajstić information content (AvgIpc) is 3.26. The highest BCUT2D eigenvalue weighted by Crippen LogP contribution is 2.32. The van der Waals surface area contributed by atoms with Crippen molar-refractivity contribution in [2.24, 2.45) is 0 Å². The number of likely N-dealkylation sites (N-methyl/N-ethyl adjacent to an activating group) is 1. The molecule has 0 radical (unpaired) electrons. The number of carbonyl (C=O) groups is 5. The van der Waals surface area contributed by atoms with E-state index in [9.17, 15) is 28.2 Å². The monoisotopic (exact) mass is 667 g/mol. The van der Waals surface area contributed by atoms with Crippen LogP contribution in [0.3, 0.4) is 0 Å². The van der Waals surface area contributed by atoms with Gasteiger partial charge < -0.3 is 29.8 Å². The van der Waals surface area contributed by atoms with Gasteiger partial charge in [-0.2, -0.15) is 0 Å². The summed E-state index contributed by atoms with van der Waals surface area (Å²) in [5.41, 5.74) is 0.621. The molecule has 5 rings (SSSR count). The van der Waals surface area contributed by atoms with Gasteiger partial charge in [0, 0.05) is 38.3 Å². The standard InChI is InChI=1S/C33H41N5O8S/c1-33(2,3)46-32(43)35-21-12-14-37(15-13-21)47(44)25-8-5-7-23(18-25)45-24-19-36(20-24)22-10-11-26-27(17-22)31(42)38(30(26)41)28(9-6-16-39)29(40)34-4/h5,7-8,10-11,16-18,21,24,28H,6,9,12-15,19-20H2,1-4H3,(H,34,40)(H,35,43). The molecular formula is C33H41N5O8S. The van der Waals surface area contributed by atoms with Crippen molar-refractivity contribution in [2.75, 3.05) is 38.1 Å². The molecule has 0 spiro atoms. The number of imide groups is 1. The maximum atomic E-state index is 13.4. The summed E-state index contributed by atoms with van der Waals surface area (Å²) >= 11 is 0. The van der Waals surface area contributed by atoms with Crippen LogP contribution >= 0.6 is 0 Å². The molecular weight excluding hydrogens is 626 g/mol. The molecule has 0 aromatic heterocycles. The highest BCUT2D eigenvalue weighted by atomic mass is 32.2. The van der Waals surface area contributed by atoms with E-state index in [1.54, 1.807) is 30.3 Å². The highest BCUT2D eigenvalue weighted by Gasteiger charge is 2.43. The second-order valence-electron chi connectivity index (χ2n) is 12.8. The topological polar surface area (TPSA) is 155 Å². The summed E-state index contributed by atoms with van der Waals surface area (Å²) in [4.78, 5) is 65.4. The van der Waals surface area contributed by atoms with Crippen molar-refractivity contribution in [3.63, 3.8) is 0 Å². The van der Waals surface area contributed by atoms with Gasteiger partial charge in [0.2, 0.25) is 5.91 Å².